The third kappa shape index (κ3) is 3.08. The molecule has 1 fully saturated rings. The van der Waals surface area contributed by atoms with Gasteiger partial charge in [0.2, 0.25) is 0 Å². The fraction of sp³-hybridized carbons (Fsp3) is 0.636. The van der Waals surface area contributed by atoms with Crippen LogP contribution in [0.4, 0.5) is 0 Å². The van der Waals surface area contributed by atoms with Crippen molar-refractivity contribution >= 4 is 11.3 Å². The van der Waals surface area contributed by atoms with E-state index in [2.05, 4.69) is 22.1 Å². The maximum absolute atomic E-state index is 5.64. The number of hydrogen-bond donors (Lipinski definition) is 1. The van der Waals surface area contributed by atoms with Crippen LogP contribution < -0.4 is 5.32 Å². The van der Waals surface area contributed by atoms with Crippen molar-refractivity contribution in [3.8, 4) is 0 Å². The summed E-state index contributed by atoms with van der Waals surface area (Å²) in [7, 11) is 0. The topological polar surface area (TPSA) is 21.3 Å². The predicted octanol–water partition coefficient (Wildman–Crippen LogP) is 2.41. The number of nitrogens with one attached hydrogen (secondary N) is 1. The quantitative estimate of drug-likeness (QED) is 0.825. The molecule has 0 radical (unpaired) electrons. The molecular weight excluding hydrogens is 194 g/mol. The monoisotopic (exact) mass is 211 g/mol. The summed E-state index contributed by atoms with van der Waals surface area (Å²) in [4.78, 5) is 0. The van der Waals surface area contributed by atoms with Gasteiger partial charge in [0.05, 0.1) is 6.10 Å². The van der Waals surface area contributed by atoms with Gasteiger partial charge in [0.1, 0.15) is 0 Å². The Bertz CT molecular complexity index is 242. The van der Waals surface area contributed by atoms with Crippen LogP contribution in [-0.4, -0.2) is 19.3 Å². The minimum atomic E-state index is 0.447. The molecule has 1 aromatic rings. The summed E-state index contributed by atoms with van der Waals surface area (Å²) >= 11 is 1.75. The van der Waals surface area contributed by atoms with Gasteiger partial charge in [-0.3, -0.25) is 0 Å². The van der Waals surface area contributed by atoms with E-state index in [4.69, 9.17) is 4.74 Å². The summed E-state index contributed by atoms with van der Waals surface area (Å²) in [6.45, 7) is 2.92. The smallest absolute Gasteiger partial charge is 0.0699 e. The first-order valence-corrected chi connectivity index (χ1v) is 6.23. The van der Waals surface area contributed by atoms with E-state index in [-0.39, 0.29) is 0 Å². The van der Waals surface area contributed by atoms with Crippen LogP contribution in [0, 0.1) is 0 Å². The van der Waals surface area contributed by atoms with Crippen LogP contribution in [0.5, 0.6) is 0 Å². The Balaban J connectivity index is 1.62. The molecule has 2 rings (SSSR count). The van der Waals surface area contributed by atoms with E-state index in [0.717, 1.165) is 19.7 Å². The predicted molar refractivity (Wildman–Crippen MR) is 59.6 cm³/mol. The molecule has 3 heteroatoms. The summed E-state index contributed by atoms with van der Waals surface area (Å²) in [5.41, 5.74) is 1.38. The van der Waals surface area contributed by atoms with Gasteiger partial charge in [0.25, 0.3) is 0 Å². The number of ether oxygens (including phenoxy) is 1. The molecule has 1 unspecified atom stereocenters. The van der Waals surface area contributed by atoms with Crippen molar-refractivity contribution in [1.82, 2.24) is 5.32 Å². The van der Waals surface area contributed by atoms with Gasteiger partial charge >= 0.3 is 0 Å². The molecule has 0 aromatic carbocycles. The molecule has 0 spiro atoms. The van der Waals surface area contributed by atoms with E-state index >= 15 is 0 Å². The van der Waals surface area contributed by atoms with Crippen LogP contribution in [0.25, 0.3) is 0 Å². The van der Waals surface area contributed by atoms with E-state index in [1.165, 1.54) is 24.8 Å². The van der Waals surface area contributed by atoms with Gasteiger partial charge in [-0.15, -0.1) is 0 Å². The first-order chi connectivity index (χ1) is 6.95. The minimum absolute atomic E-state index is 0.447. The van der Waals surface area contributed by atoms with Gasteiger partial charge < -0.3 is 10.1 Å². The summed E-state index contributed by atoms with van der Waals surface area (Å²) < 4.78 is 5.64. The van der Waals surface area contributed by atoms with E-state index in [9.17, 15) is 0 Å². The third-order valence-corrected chi connectivity index (χ3v) is 3.29. The normalized spacial score (nSPS) is 22.4. The lowest BCUT2D eigenvalue weighted by Crippen LogP contribution is -2.31. The molecule has 0 bridgehead atoms. The fourth-order valence-electron chi connectivity index (χ4n) is 1.74. The Morgan fingerprint density at radius 2 is 2.50 bits per heavy atom. The zero-order chi connectivity index (χ0) is 9.64. The Kier molecular flexibility index (Phi) is 3.98. The standard InChI is InChI=1S/C11H17NOS/c1-2-5-13-11(3-1)8-12-7-10-4-6-14-9-10/h4,6,9,11-12H,1-3,5,7-8H2. The zero-order valence-electron chi connectivity index (χ0n) is 8.37. The maximum atomic E-state index is 5.64. The molecule has 1 aliphatic heterocycles. The Morgan fingerprint density at radius 3 is 3.21 bits per heavy atom. The zero-order valence-corrected chi connectivity index (χ0v) is 9.19. The van der Waals surface area contributed by atoms with Crippen molar-refractivity contribution in [2.75, 3.05) is 13.2 Å². The highest BCUT2D eigenvalue weighted by molar-refractivity contribution is 7.07. The highest BCUT2D eigenvalue weighted by atomic mass is 32.1. The van der Waals surface area contributed by atoms with Crippen LogP contribution in [0.15, 0.2) is 16.8 Å². The highest BCUT2D eigenvalue weighted by Gasteiger charge is 2.12. The van der Waals surface area contributed by atoms with Gasteiger partial charge in [0, 0.05) is 19.7 Å². The molecule has 1 aromatic heterocycles. The van der Waals surface area contributed by atoms with Crippen LogP contribution >= 0.6 is 11.3 Å². The second-order valence-corrected chi connectivity index (χ2v) is 4.53. The van der Waals surface area contributed by atoms with E-state index in [1.807, 2.05) is 0 Å². The molecular formula is C11H17NOS. The van der Waals surface area contributed by atoms with E-state index in [0.29, 0.717) is 6.10 Å². The molecule has 2 nitrogen and oxygen atoms in total. The summed E-state index contributed by atoms with van der Waals surface area (Å²) in [6.07, 6.45) is 4.23. The van der Waals surface area contributed by atoms with Crippen LogP contribution in [-0.2, 0) is 11.3 Å². The van der Waals surface area contributed by atoms with Gasteiger partial charge in [-0.25, -0.2) is 0 Å². The lowest BCUT2D eigenvalue weighted by atomic mass is 10.1. The number of hydrogen-bond acceptors (Lipinski definition) is 3. The summed E-state index contributed by atoms with van der Waals surface area (Å²) in [5.74, 6) is 0. The van der Waals surface area contributed by atoms with Crippen molar-refractivity contribution in [1.29, 1.82) is 0 Å². The molecule has 1 N–H and O–H groups in total. The Hall–Kier alpha value is -0.380. The third-order valence-electron chi connectivity index (χ3n) is 2.56. The van der Waals surface area contributed by atoms with Crippen molar-refractivity contribution in [3.63, 3.8) is 0 Å². The second-order valence-electron chi connectivity index (χ2n) is 3.75. The second kappa shape index (κ2) is 5.49. The molecule has 0 amide bonds. The maximum Gasteiger partial charge on any atom is 0.0699 e. The highest BCUT2D eigenvalue weighted by Crippen LogP contribution is 2.12. The van der Waals surface area contributed by atoms with Gasteiger partial charge in [-0.05, 0) is 41.7 Å². The molecule has 78 valence electrons. The average Bonchev–Trinajstić information content (AvgIpc) is 2.72. The Morgan fingerprint density at radius 1 is 1.50 bits per heavy atom. The lowest BCUT2D eigenvalue weighted by Gasteiger charge is -2.22. The lowest BCUT2D eigenvalue weighted by molar-refractivity contribution is 0.0168. The van der Waals surface area contributed by atoms with Gasteiger partial charge in [0.15, 0.2) is 0 Å². The largest absolute Gasteiger partial charge is 0.377 e. The van der Waals surface area contributed by atoms with Crippen molar-refractivity contribution < 1.29 is 4.74 Å². The number of rotatable bonds is 4. The summed E-state index contributed by atoms with van der Waals surface area (Å²) in [6, 6.07) is 2.17. The fourth-order valence-corrected chi connectivity index (χ4v) is 2.41. The van der Waals surface area contributed by atoms with Crippen LogP contribution in [0.1, 0.15) is 24.8 Å². The SMILES string of the molecule is c1cc(CNCC2CCCCO2)cs1. The van der Waals surface area contributed by atoms with Crippen LogP contribution in [0.3, 0.4) is 0 Å². The van der Waals surface area contributed by atoms with Crippen molar-refractivity contribution in [2.24, 2.45) is 0 Å². The summed E-state index contributed by atoms with van der Waals surface area (Å²) in [5, 5.41) is 7.75. The van der Waals surface area contributed by atoms with Crippen LogP contribution in [0.2, 0.25) is 0 Å². The number of thiophene rings is 1. The molecule has 0 saturated carbocycles. The molecule has 0 aliphatic carbocycles. The molecule has 1 aliphatic rings. The first kappa shape index (κ1) is 10.1. The Labute approximate surface area is 89.3 Å². The van der Waals surface area contributed by atoms with Gasteiger partial charge in [-0.2, -0.15) is 11.3 Å². The molecule has 2 heterocycles. The van der Waals surface area contributed by atoms with E-state index in [1.54, 1.807) is 11.3 Å². The van der Waals surface area contributed by atoms with E-state index < -0.39 is 0 Å². The molecule has 1 saturated heterocycles. The first-order valence-electron chi connectivity index (χ1n) is 5.28. The van der Waals surface area contributed by atoms with Crippen molar-refractivity contribution in [3.05, 3.63) is 22.4 Å². The minimum Gasteiger partial charge on any atom is -0.377 e. The average molecular weight is 211 g/mol. The molecule has 14 heavy (non-hydrogen) atoms. The van der Waals surface area contributed by atoms with Gasteiger partial charge in [-0.1, -0.05) is 0 Å². The van der Waals surface area contributed by atoms with Crippen molar-refractivity contribution in [2.45, 2.75) is 31.9 Å². The molecule has 1 atom stereocenters.